The summed E-state index contributed by atoms with van der Waals surface area (Å²) in [6.45, 7) is 1.62. The van der Waals surface area contributed by atoms with Gasteiger partial charge in [-0.3, -0.25) is 9.59 Å². The normalized spacial score (nSPS) is 13.6. The van der Waals surface area contributed by atoms with Crippen LogP contribution in [0, 0.1) is 12.7 Å². The zero-order chi connectivity index (χ0) is 22.0. The highest BCUT2D eigenvalue weighted by Gasteiger charge is 2.30. The second kappa shape index (κ2) is 8.44. The summed E-state index contributed by atoms with van der Waals surface area (Å²) in [5, 5.41) is 0. The first-order valence-electron chi connectivity index (χ1n) is 9.59. The van der Waals surface area contributed by atoms with Crippen LogP contribution >= 0.6 is 0 Å². The molecule has 1 aliphatic rings. The first-order valence-corrected chi connectivity index (χ1v) is 9.59. The van der Waals surface area contributed by atoms with Gasteiger partial charge >= 0.3 is 0 Å². The van der Waals surface area contributed by atoms with Crippen LogP contribution in [0.15, 0.2) is 66.4 Å². The summed E-state index contributed by atoms with van der Waals surface area (Å²) >= 11 is 0. The highest BCUT2D eigenvalue weighted by Crippen LogP contribution is 2.37. The quantitative estimate of drug-likeness (QED) is 0.416. The van der Waals surface area contributed by atoms with E-state index >= 15 is 0 Å². The van der Waals surface area contributed by atoms with Crippen LogP contribution in [-0.4, -0.2) is 25.3 Å². The molecule has 1 heterocycles. The smallest absolute Gasteiger partial charge is 0.232 e. The standard InChI is InChI=1S/C25H19FO5/c1-15-11-20(30-14-21(27)17-5-9-19(29-2)10-6-17)13-22-24(15)25(28)23(31-22)12-16-3-7-18(26)8-4-16/h3-13H,14H2,1-2H3/b23-12-. The third-order valence-electron chi connectivity index (χ3n) is 4.89. The van der Waals surface area contributed by atoms with Gasteiger partial charge in [0, 0.05) is 11.6 Å². The van der Waals surface area contributed by atoms with Gasteiger partial charge < -0.3 is 14.2 Å². The molecule has 0 atom stereocenters. The predicted octanol–water partition coefficient (Wildman–Crippen LogP) is 5.02. The first kappa shape index (κ1) is 20.3. The average Bonchev–Trinajstić information content (AvgIpc) is 3.09. The van der Waals surface area contributed by atoms with Gasteiger partial charge in [0.05, 0.1) is 12.7 Å². The number of carbonyl (C=O) groups excluding carboxylic acids is 2. The Balaban J connectivity index is 1.49. The number of aryl methyl sites for hydroxylation is 1. The SMILES string of the molecule is COc1ccc(C(=O)COc2cc(C)c3c(c2)O/C(=C\c2ccc(F)cc2)C3=O)cc1. The zero-order valence-corrected chi connectivity index (χ0v) is 17.0. The van der Waals surface area contributed by atoms with Gasteiger partial charge in [0.1, 0.15) is 23.1 Å². The number of hydrogen-bond acceptors (Lipinski definition) is 5. The first-order chi connectivity index (χ1) is 14.9. The van der Waals surface area contributed by atoms with Gasteiger partial charge in [0.2, 0.25) is 5.78 Å². The Labute approximate surface area is 178 Å². The van der Waals surface area contributed by atoms with E-state index in [-0.39, 0.29) is 29.7 Å². The number of fused-ring (bicyclic) bond motifs is 1. The molecule has 6 heteroatoms. The van der Waals surface area contributed by atoms with E-state index in [2.05, 4.69) is 0 Å². The molecule has 0 aromatic heterocycles. The highest BCUT2D eigenvalue weighted by atomic mass is 19.1. The van der Waals surface area contributed by atoms with Crippen LogP contribution in [0.2, 0.25) is 0 Å². The van der Waals surface area contributed by atoms with E-state index in [9.17, 15) is 14.0 Å². The molecule has 4 rings (SSSR count). The lowest BCUT2D eigenvalue weighted by Gasteiger charge is -2.09. The third-order valence-corrected chi connectivity index (χ3v) is 4.89. The molecular formula is C25H19FO5. The van der Waals surface area contributed by atoms with Gasteiger partial charge in [-0.1, -0.05) is 12.1 Å². The number of ether oxygens (including phenoxy) is 3. The molecule has 0 saturated heterocycles. The molecule has 156 valence electrons. The molecule has 1 aliphatic heterocycles. The molecule has 0 aliphatic carbocycles. The third kappa shape index (κ3) is 4.33. The van der Waals surface area contributed by atoms with E-state index in [1.165, 1.54) is 12.1 Å². The second-order valence-electron chi connectivity index (χ2n) is 7.04. The van der Waals surface area contributed by atoms with Crippen molar-refractivity contribution in [1.29, 1.82) is 0 Å². The summed E-state index contributed by atoms with van der Waals surface area (Å²) in [7, 11) is 1.56. The number of carbonyl (C=O) groups is 2. The Kier molecular flexibility index (Phi) is 5.54. The van der Waals surface area contributed by atoms with Crippen molar-refractivity contribution in [3.8, 4) is 17.2 Å². The number of Topliss-reactive ketones (excluding diaryl/α,β-unsaturated/α-hetero) is 2. The van der Waals surface area contributed by atoms with Gasteiger partial charge in [-0.25, -0.2) is 4.39 Å². The topological polar surface area (TPSA) is 61.8 Å². The monoisotopic (exact) mass is 418 g/mol. The number of ketones is 2. The largest absolute Gasteiger partial charge is 0.497 e. The van der Waals surface area contributed by atoms with Crippen LogP contribution < -0.4 is 14.2 Å². The van der Waals surface area contributed by atoms with E-state index in [1.54, 1.807) is 68.6 Å². The zero-order valence-electron chi connectivity index (χ0n) is 17.0. The molecule has 0 saturated carbocycles. The van der Waals surface area contributed by atoms with Crippen molar-refractivity contribution < 1.29 is 28.2 Å². The molecule has 3 aromatic rings. The summed E-state index contributed by atoms with van der Waals surface area (Å²) < 4.78 is 29.6. The van der Waals surface area contributed by atoms with Crippen LogP contribution in [0.5, 0.6) is 17.2 Å². The van der Waals surface area contributed by atoms with Crippen molar-refractivity contribution in [3.05, 3.63) is 94.5 Å². The lowest BCUT2D eigenvalue weighted by atomic mass is 10.0. The maximum Gasteiger partial charge on any atom is 0.232 e. The number of hydrogen-bond donors (Lipinski definition) is 0. The lowest BCUT2D eigenvalue weighted by Crippen LogP contribution is -2.11. The van der Waals surface area contributed by atoms with E-state index in [0.717, 1.165) is 0 Å². The van der Waals surface area contributed by atoms with Crippen LogP contribution in [0.25, 0.3) is 6.08 Å². The molecule has 0 unspecified atom stereocenters. The molecular weight excluding hydrogens is 399 g/mol. The number of benzene rings is 3. The minimum atomic E-state index is -0.356. The Bertz CT molecular complexity index is 1180. The fourth-order valence-corrected chi connectivity index (χ4v) is 3.28. The van der Waals surface area contributed by atoms with Crippen molar-refractivity contribution in [2.24, 2.45) is 0 Å². The maximum absolute atomic E-state index is 13.1. The molecule has 0 amide bonds. The van der Waals surface area contributed by atoms with Crippen molar-refractivity contribution >= 4 is 17.6 Å². The van der Waals surface area contributed by atoms with E-state index in [1.807, 2.05) is 0 Å². The number of allylic oxidation sites excluding steroid dienone is 1. The molecule has 31 heavy (non-hydrogen) atoms. The summed E-state index contributed by atoms with van der Waals surface area (Å²) in [6.07, 6.45) is 1.56. The molecule has 0 N–H and O–H groups in total. The van der Waals surface area contributed by atoms with Crippen molar-refractivity contribution in [2.45, 2.75) is 6.92 Å². The summed E-state index contributed by atoms with van der Waals surface area (Å²) in [4.78, 5) is 25.1. The fraction of sp³-hybridized carbons (Fsp3) is 0.120. The molecule has 5 nitrogen and oxygen atoms in total. The number of halogens is 1. The van der Waals surface area contributed by atoms with Gasteiger partial charge in [-0.05, 0) is 66.6 Å². The van der Waals surface area contributed by atoms with Crippen LogP contribution in [-0.2, 0) is 0 Å². The summed E-state index contributed by atoms with van der Waals surface area (Å²) in [5.74, 6) is 0.812. The number of rotatable bonds is 6. The van der Waals surface area contributed by atoms with Crippen molar-refractivity contribution in [1.82, 2.24) is 0 Å². The minimum Gasteiger partial charge on any atom is -0.497 e. The summed E-state index contributed by atoms with van der Waals surface area (Å²) in [5.41, 5.74) is 2.28. The molecule has 0 bridgehead atoms. The Hall–Kier alpha value is -3.93. The van der Waals surface area contributed by atoms with Crippen molar-refractivity contribution in [3.63, 3.8) is 0 Å². The highest BCUT2D eigenvalue weighted by molar-refractivity contribution is 6.15. The van der Waals surface area contributed by atoms with E-state index in [0.29, 0.717) is 39.5 Å². The maximum atomic E-state index is 13.1. The summed E-state index contributed by atoms with van der Waals surface area (Å²) in [6, 6.07) is 15.8. The lowest BCUT2D eigenvalue weighted by molar-refractivity contribution is 0.0920. The molecule has 0 fully saturated rings. The average molecular weight is 418 g/mol. The van der Waals surface area contributed by atoms with E-state index in [4.69, 9.17) is 14.2 Å². The molecule has 0 radical (unpaired) electrons. The van der Waals surface area contributed by atoms with Crippen LogP contribution in [0.3, 0.4) is 0 Å². The molecule has 0 spiro atoms. The fourth-order valence-electron chi connectivity index (χ4n) is 3.28. The second-order valence-corrected chi connectivity index (χ2v) is 7.04. The van der Waals surface area contributed by atoms with E-state index < -0.39 is 0 Å². The van der Waals surface area contributed by atoms with Gasteiger partial charge in [0.15, 0.2) is 18.1 Å². The van der Waals surface area contributed by atoms with Crippen LogP contribution in [0.1, 0.15) is 31.8 Å². The minimum absolute atomic E-state index is 0.149. The van der Waals surface area contributed by atoms with Gasteiger partial charge in [-0.2, -0.15) is 0 Å². The number of methoxy groups -OCH3 is 1. The Morgan fingerprint density at radius 3 is 2.42 bits per heavy atom. The van der Waals surface area contributed by atoms with Gasteiger partial charge in [-0.15, -0.1) is 0 Å². The predicted molar refractivity (Wildman–Crippen MR) is 113 cm³/mol. The Morgan fingerprint density at radius 2 is 1.74 bits per heavy atom. The van der Waals surface area contributed by atoms with Crippen molar-refractivity contribution in [2.75, 3.05) is 13.7 Å². The Morgan fingerprint density at radius 1 is 1.03 bits per heavy atom. The van der Waals surface area contributed by atoms with Crippen LogP contribution in [0.4, 0.5) is 4.39 Å². The van der Waals surface area contributed by atoms with Gasteiger partial charge in [0.25, 0.3) is 0 Å². The molecule has 3 aromatic carbocycles.